The Labute approximate surface area is 424 Å². The lowest BCUT2D eigenvalue weighted by Crippen LogP contribution is -2.26. The van der Waals surface area contributed by atoms with Crippen LogP contribution in [0.3, 0.4) is 0 Å². The second-order valence-corrected chi connectivity index (χ2v) is 19.5. The topological polar surface area (TPSA) is 16.4 Å². The van der Waals surface area contributed by atoms with Crippen LogP contribution in [0.4, 0.5) is 17.1 Å². The Kier molecular flexibility index (Phi) is 9.21. The Bertz CT molecular complexity index is 4240. The fraction of sp³-hybridized carbons (Fsp3) is 0.0141. The molecule has 0 radical (unpaired) electrons. The fourth-order valence-electron chi connectivity index (χ4n) is 12.5. The van der Waals surface area contributed by atoms with E-state index in [0.717, 1.165) is 44.6 Å². The zero-order chi connectivity index (χ0) is 48.0. The molecule has 0 fully saturated rings. The molecule has 15 rings (SSSR count). The van der Waals surface area contributed by atoms with Crippen LogP contribution in [0.5, 0.6) is 0 Å². The molecule has 1 spiro atoms. The first-order valence-corrected chi connectivity index (χ1v) is 25.2. The van der Waals surface area contributed by atoms with Gasteiger partial charge in [-0.25, -0.2) is 0 Å². The molecule has 73 heavy (non-hydrogen) atoms. The van der Waals surface area contributed by atoms with E-state index < -0.39 is 5.41 Å². The fourth-order valence-corrected chi connectivity index (χ4v) is 12.5. The monoisotopic (exact) mass is 927 g/mol. The van der Waals surface area contributed by atoms with Gasteiger partial charge >= 0.3 is 0 Å². The van der Waals surface area contributed by atoms with Crippen LogP contribution in [0.15, 0.2) is 277 Å². The van der Waals surface area contributed by atoms with Crippen LogP contribution in [-0.2, 0) is 5.41 Å². The van der Waals surface area contributed by atoms with Gasteiger partial charge in [0.15, 0.2) is 0 Å². The zero-order valence-corrected chi connectivity index (χ0v) is 39.8. The molecule has 0 amide bonds. The van der Waals surface area contributed by atoms with E-state index in [2.05, 4.69) is 278 Å². The molecule has 0 unspecified atom stereocenters. The molecule has 12 aromatic carbocycles. The van der Waals surface area contributed by atoms with E-state index >= 15 is 0 Å². The molecule has 0 bridgehead atoms. The quantitative estimate of drug-likeness (QED) is 0.158. The molecule has 2 nitrogen and oxygen atoms in total. The van der Waals surface area contributed by atoms with Crippen molar-refractivity contribution in [1.82, 2.24) is 0 Å². The maximum atomic E-state index is 6.56. The van der Waals surface area contributed by atoms with Gasteiger partial charge < -0.3 is 9.32 Å². The number of anilines is 3. The molecule has 0 saturated heterocycles. The van der Waals surface area contributed by atoms with Crippen molar-refractivity contribution in [3.8, 4) is 66.8 Å². The lowest BCUT2D eigenvalue weighted by atomic mass is 9.70. The first-order chi connectivity index (χ1) is 36.2. The minimum Gasteiger partial charge on any atom is -0.456 e. The third kappa shape index (κ3) is 6.24. The largest absolute Gasteiger partial charge is 0.456 e. The maximum absolute atomic E-state index is 6.56. The summed E-state index contributed by atoms with van der Waals surface area (Å²) in [5.74, 6) is 0. The van der Waals surface area contributed by atoms with Crippen molar-refractivity contribution in [2.24, 2.45) is 0 Å². The van der Waals surface area contributed by atoms with Gasteiger partial charge in [0, 0.05) is 16.6 Å². The van der Waals surface area contributed by atoms with E-state index in [-0.39, 0.29) is 0 Å². The van der Waals surface area contributed by atoms with Crippen LogP contribution < -0.4 is 4.90 Å². The summed E-state index contributed by atoms with van der Waals surface area (Å²) >= 11 is 0. The van der Waals surface area contributed by atoms with E-state index in [9.17, 15) is 0 Å². The number of furan rings is 1. The third-order valence-corrected chi connectivity index (χ3v) is 15.7. The molecular weight excluding hydrogens is 883 g/mol. The number of rotatable bonds is 7. The predicted octanol–water partition coefficient (Wildman–Crippen LogP) is 19.2. The van der Waals surface area contributed by atoms with Gasteiger partial charge in [-0.3, -0.25) is 0 Å². The minimum atomic E-state index is -0.460. The highest BCUT2D eigenvalue weighted by atomic mass is 16.3. The average Bonchev–Trinajstić information content (AvgIpc) is 4.11. The Hall–Kier alpha value is -9.50. The predicted molar refractivity (Wildman–Crippen MR) is 304 cm³/mol. The molecule has 1 aromatic heterocycles. The molecule has 13 aromatic rings. The summed E-state index contributed by atoms with van der Waals surface area (Å²) in [5.41, 5.74) is 24.6. The van der Waals surface area contributed by atoms with Gasteiger partial charge in [-0.1, -0.05) is 237 Å². The molecule has 0 N–H and O–H groups in total. The van der Waals surface area contributed by atoms with E-state index in [0.29, 0.717) is 0 Å². The number of benzene rings is 12. The summed E-state index contributed by atoms with van der Waals surface area (Å²) in [7, 11) is 0. The highest BCUT2D eigenvalue weighted by Gasteiger charge is 2.52. The van der Waals surface area contributed by atoms with Gasteiger partial charge in [0.25, 0.3) is 0 Å². The lowest BCUT2D eigenvalue weighted by molar-refractivity contribution is 0.669. The lowest BCUT2D eigenvalue weighted by Gasteiger charge is -2.32. The highest BCUT2D eigenvalue weighted by molar-refractivity contribution is 6.14. The van der Waals surface area contributed by atoms with Crippen molar-refractivity contribution in [2.75, 3.05) is 4.90 Å². The van der Waals surface area contributed by atoms with Crippen LogP contribution in [0.1, 0.15) is 22.3 Å². The zero-order valence-electron chi connectivity index (χ0n) is 39.8. The van der Waals surface area contributed by atoms with Crippen molar-refractivity contribution in [2.45, 2.75) is 5.41 Å². The van der Waals surface area contributed by atoms with E-state index in [1.807, 2.05) is 0 Å². The van der Waals surface area contributed by atoms with Crippen LogP contribution >= 0.6 is 0 Å². The normalized spacial score (nSPS) is 12.8. The molecular formula is C71H45NO. The number of hydrogen-bond acceptors (Lipinski definition) is 2. The van der Waals surface area contributed by atoms with Crippen molar-refractivity contribution in [1.29, 1.82) is 0 Å². The Morgan fingerprint density at radius 1 is 0.274 bits per heavy atom. The molecule has 340 valence electrons. The first-order valence-electron chi connectivity index (χ1n) is 25.2. The molecule has 2 aliphatic rings. The number of hydrogen-bond donors (Lipinski definition) is 0. The smallest absolute Gasteiger partial charge is 0.137 e. The third-order valence-electron chi connectivity index (χ3n) is 15.7. The van der Waals surface area contributed by atoms with E-state index in [1.54, 1.807) is 0 Å². The van der Waals surface area contributed by atoms with Crippen LogP contribution in [0.25, 0.3) is 99.5 Å². The van der Waals surface area contributed by atoms with Crippen LogP contribution in [0.2, 0.25) is 0 Å². The van der Waals surface area contributed by atoms with Gasteiger partial charge in [0.1, 0.15) is 11.2 Å². The van der Waals surface area contributed by atoms with Crippen molar-refractivity contribution in [3.05, 3.63) is 295 Å². The second-order valence-electron chi connectivity index (χ2n) is 19.5. The van der Waals surface area contributed by atoms with Gasteiger partial charge in [-0.05, 0) is 131 Å². The number of para-hydroxylation sites is 1. The van der Waals surface area contributed by atoms with E-state index in [4.69, 9.17) is 4.42 Å². The number of fused-ring (bicyclic) bond motifs is 14. The Morgan fingerprint density at radius 3 is 1.32 bits per heavy atom. The summed E-state index contributed by atoms with van der Waals surface area (Å²) in [6.45, 7) is 0. The van der Waals surface area contributed by atoms with Crippen LogP contribution in [-0.4, -0.2) is 0 Å². The highest BCUT2D eigenvalue weighted by Crippen LogP contribution is 2.65. The molecule has 2 aliphatic carbocycles. The standard InChI is InChI=1S/C71H45NO/c1-2-16-55-52(14-1)15-11-21-56(55)53-40-38-50(39-41-53)48-32-30-46(31-33-48)47-34-36-49(37-35-47)51-42-44-54(45-43-51)72(66-27-13-29-68-70(66)60-20-6-10-28-67(60)73-68)65-26-12-25-64-69(65)59-19-5-9-24-63(59)71(64)61-22-7-3-17-57(61)58-18-4-8-23-62(58)71/h1-45H. The summed E-state index contributed by atoms with van der Waals surface area (Å²) in [6, 6.07) is 100. The van der Waals surface area contributed by atoms with Gasteiger partial charge in [-0.15, -0.1) is 0 Å². The maximum Gasteiger partial charge on any atom is 0.137 e. The summed E-state index contributed by atoms with van der Waals surface area (Å²) in [5, 5.41) is 4.73. The van der Waals surface area contributed by atoms with Gasteiger partial charge in [0.2, 0.25) is 0 Å². The minimum absolute atomic E-state index is 0.460. The van der Waals surface area contributed by atoms with Gasteiger partial charge in [-0.2, -0.15) is 0 Å². The van der Waals surface area contributed by atoms with Crippen molar-refractivity contribution >= 4 is 49.8 Å². The molecule has 0 saturated carbocycles. The number of nitrogens with zero attached hydrogens (tertiary/aromatic N) is 1. The average molecular weight is 928 g/mol. The Morgan fingerprint density at radius 2 is 0.685 bits per heavy atom. The van der Waals surface area contributed by atoms with Crippen LogP contribution in [0, 0.1) is 0 Å². The van der Waals surface area contributed by atoms with Gasteiger partial charge in [0.05, 0.1) is 22.2 Å². The van der Waals surface area contributed by atoms with Crippen molar-refractivity contribution in [3.63, 3.8) is 0 Å². The molecule has 1 heterocycles. The molecule has 2 heteroatoms. The summed E-state index contributed by atoms with van der Waals surface area (Å²) < 4.78 is 6.56. The second kappa shape index (κ2) is 16.3. The SMILES string of the molecule is c1ccc2c(c1)-c1ccccc1C21c2ccccc2-c2c(N(c3ccc(-c4ccc(-c5ccc(-c6ccc(-c7cccc8ccccc78)cc6)cc5)cc4)cc3)c3cccc4oc5ccccc5c34)cccc21. The summed E-state index contributed by atoms with van der Waals surface area (Å²) in [4.78, 5) is 2.47. The van der Waals surface area contributed by atoms with E-state index in [1.165, 1.54) is 94.2 Å². The first kappa shape index (κ1) is 41.3. The molecule has 0 aliphatic heterocycles. The Balaban J connectivity index is 0.797. The summed E-state index contributed by atoms with van der Waals surface area (Å²) in [6.07, 6.45) is 0. The molecule has 0 atom stereocenters. The van der Waals surface area contributed by atoms with Crippen molar-refractivity contribution < 1.29 is 4.42 Å².